The molecule has 1 heterocycles. The zero-order chi connectivity index (χ0) is 16.9. The molecule has 0 aliphatic heterocycles. The number of hydrogen-bond donors (Lipinski definition) is 2. The summed E-state index contributed by atoms with van der Waals surface area (Å²) in [6.07, 6.45) is 1.46. The molecule has 122 valence electrons. The molecule has 0 bridgehead atoms. The van der Waals surface area contributed by atoms with Crippen molar-refractivity contribution in [1.82, 2.24) is 15.7 Å². The van der Waals surface area contributed by atoms with Crippen LogP contribution in [0.4, 0.5) is 0 Å². The summed E-state index contributed by atoms with van der Waals surface area (Å²) in [5.41, 5.74) is 5.78. The van der Waals surface area contributed by atoms with Gasteiger partial charge in [0.2, 0.25) is 5.88 Å². The van der Waals surface area contributed by atoms with Crippen LogP contribution in [0, 0.1) is 0 Å². The fourth-order valence-corrected chi connectivity index (χ4v) is 2.51. The number of H-pyrrole nitrogens is 1. The van der Waals surface area contributed by atoms with E-state index in [0.29, 0.717) is 5.88 Å². The summed E-state index contributed by atoms with van der Waals surface area (Å²) >= 11 is 0. The Labute approximate surface area is 139 Å². The van der Waals surface area contributed by atoms with Crippen molar-refractivity contribution < 1.29 is 14.4 Å². The maximum atomic E-state index is 11.9. The van der Waals surface area contributed by atoms with Crippen molar-refractivity contribution in [3.05, 3.63) is 65.7 Å². The van der Waals surface area contributed by atoms with E-state index in [-0.39, 0.29) is 0 Å². The lowest BCUT2D eigenvalue weighted by atomic mass is 9.96. The summed E-state index contributed by atoms with van der Waals surface area (Å²) in [4.78, 5) is 16.8. The Kier molecular flexibility index (Phi) is 4.58. The number of aromatic nitrogens is 2. The number of rotatable bonds is 5. The molecule has 2 aromatic carbocycles. The van der Waals surface area contributed by atoms with Gasteiger partial charge in [-0.05, 0) is 28.8 Å². The summed E-state index contributed by atoms with van der Waals surface area (Å²) in [6, 6.07) is 15.4. The van der Waals surface area contributed by atoms with Crippen LogP contribution in [0.1, 0.15) is 11.1 Å². The number of fused-ring (bicyclic) bond motifs is 1. The Morgan fingerprint density at radius 2 is 1.96 bits per heavy atom. The van der Waals surface area contributed by atoms with Gasteiger partial charge < -0.3 is 9.57 Å². The molecule has 1 aromatic heterocycles. The molecule has 2 N–H and O–H groups in total. The van der Waals surface area contributed by atoms with E-state index in [9.17, 15) is 4.79 Å². The number of benzene rings is 2. The fourth-order valence-electron chi connectivity index (χ4n) is 2.51. The maximum Gasteiger partial charge on any atom is 0.350 e. The zero-order valence-corrected chi connectivity index (χ0v) is 13.4. The lowest BCUT2D eigenvalue weighted by Crippen LogP contribution is -2.13. The van der Waals surface area contributed by atoms with Gasteiger partial charge in [0.15, 0.2) is 0 Å². The second kappa shape index (κ2) is 6.97. The summed E-state index contributed by atoms with van der Waals surface area (Å²) in [5.74, 6) is 0.0349. The standard InChI is InChI=1S/C18H17N3O3/c1-19-24-17(22)11-14(12-6-4-3-5-7-12)13-8-9-16-15(10-13)18(23-2)21-20-16/h3-11,19H,1-2H3,(H,20,21)/b14-11-. The van der Waals surface area contributed by atoms with Crippen LogP contribution in [0.5, 0.6) is 5.88 Å². The molecule has 0 saturated heterocycles. The summed E-state index contributed by atoms with van der Waals surface area (Å²) in [7, 11) is 3.11. The molecule has 6 nitrogen and oxygen atoms in total. The Morgan fingerprint density at radius 3 is 2.67 bits per heavy atom. The molecule has 6 heteroatoms. The topological polar surface area (TPSA) is 76.2 Å². The highest BCUT2D eigenvalue weighted by Gasteiger charge is 2.12. The third kappa shape index (κ3) is 3.13. The summed E-state index contributed by atoms with van der Waals surface area (Å²) < 4.78 is 5.26. The van der Waals surface area contributed by atoms with Crippen LogP contribution >= 0.6 is 0 Å². The molecule has 0 unspecified atom stereocenters. The van der Waals surface area contributed by atoms with E-state index in [1.165, 1.54) is 13.1 Å². The third-order valence-electron chi connectivity index (χ3n) is 3.58. The minimum atomic E-state index is -0.476. The molecule has 3 rings (SSSR count). The van der Waals surface area contributed by atoms with Gasteiger partial charge in [0, 0.05) is 13.1 Å². The Bertz CT molecular complexity index is 885. The number of nitrogens with zero attached hydrogens (tertiary/aromatic N) is 1. The second-order valence-electron chi connectivity index (χ2n) is 5.04. The molecule has 0 saturated carbocycles. The Balaban J connectivity index is 2.13. The smallest absolute Gasteiger partial charge is 0.350 e. The molecule has 3 aromatic rings. The number of carbonyl (C=O) groups is 1. The van der Waals surface area contributed by atoms with Gasteiger partial charge >= 0.3 is 5.97 Å². The lowest BCUT2D eigenvalue weighted by molar-refractivity contribution is -0.143. The Morgan fingerprint density at radius 1 is 1.17 bits per heavy atom. The van der Waals surface area contributed by atoms with Crippen molar-refractivity contribution in [1.29, 1.82) is 0 Å². The van der Waals surface area contributed by atoms with Crippen LogP contribution in [0.2, 0.25) is 0 Å². The highest BCUT2D eigenvalue weighted by atomic mass is 16.7. The van der Waals surface area contributed by atoms with Gasteiger partial charge in [-0.2, -0.15) is 5.48 Å². The predicted octanol–water partition coefficient (Wildman–Crippen LogP) is 2.68. The molecule has 0 radical (unpaired) electrons. The van der Waals surface area contributed by atoms with E-state index in [1.54, 1.807) is 7.11 Å². The number of carbonyl (C=O) groups excluding carboxylic acids is 1. The zero-order valence-electron chi connectivity index (χ0n) is 13.4. The van der Waals surface area contributed by atoms with Crippen LogP contribution in [-0.2, 0) is 9.63 Å². The van der Waals surface area contributed by atoms with E-state index in [4.69, 9.17) is 9.57 Å². The Hall–Kier alpha value is -3.12. The third-order valence-corrected chi connectivity index (χ3v) is 3.58. The molecule has 0 spiro atoms. The van der Waals surface area contributed by atoms with E-state index in [0.717, 1.165) is 27.6 Å². The van der Waals surface area contributed by atoms with Crippen molar-refractivity contribution in [3.8, 4) is 5.88 Å². The first kappa shape index (κ1) is 15.8. The first-order valence-electron chi connectivity index (χ1n) is 7.40. The summed E-state index contributed by atoms with van der Waals surface area (Å²) in [5, 5.41) is 7.87. The van der Waals surface area contributed by atoms with Gasteiger partial charge in [0.05, 0.1) is 18.0 Å². The second-order valence-corrected chi connectivity index (χ2v) is 5.04. The number of nitrogens with one attached hydrogen (secondary N) is 2. The molecular weight excluding hydrogens is 306 g/mol. The van der Waals surface area contributed by atoms with Gasteiger partial charge in [-0.15, -0.1) is 5.10 Å². The SMILES string of the molecule is CNOC(=O)/C=C(/c1ccccc1)c1ccc2[nH]nc(OC)c2c1. The number of ether oxygens (including phenoxy) is 1. The van der Waals surface area contributed by atoms with Crippen molar-refractivity contribution in [3.63, 3.8) is 0 Å². The average molecular weight is 323 g/mol. The number of aromatic amines is 1. The van der Waals surface area contributed by atoms with Crippen LogP contribution in [-0.4, -0.2) is 30.3 Å². The minimum Gasteiger partial charge on any atom is -0.480 e. The quantitative estimate of drug-likeness (QED) is 0.558. The molecular formula is C18H17N3O3. The first-order valence-corrected chi connectivity index (χ1v) is 7.40. The minimum absolute atomic E-state index is 0.476. The lowest BCUT2D eigenvalue weighted by Gasteiger charge is -2.09. The average Bonchev–Trinajstić information content (AvgIpc) is 3.03. The van der Waals surface area contributed by atoms with Crippen molar-refractivity contribution in [2.75, 3.05) is 14.2 Å². The van der Waals surface area contributed by atoms with E-state index < -0.39 is 5.97 Å². The molecule has 0 fully saturated rings. The number of hydroxylamine groups is 1. The van der Waals surface area contributed by atoms with E-state index in [1.807, 2.05) is 48.5 Å². The molecule has 0 atom stereocenters. The maximum absolute atomic E-state index is 11.9. The van der Waals surface area contributed by atoms with Gasteiger partial charge in [-0.3, -0.25) is 5.10 Å². The largest absolute Gasteiger partial charge is 0.480 e. The highest BCUT2D eigenvalue weighted by molar-refractivity contribution is 5.98. The molecule has 24 heavy (non-hydrogen) atoms. The van der Waals surface area contributed by atoms with Crippen LogP contribution in [0.15, 0.2) is 54.6 Å². The van der Waals surface area contributed by atoms with Crippen LogP contribution in [0.25, 0.3) is 16.5 Å². The van der Waals surface area contributed by atoms with Crippen molar-refractivity contribution >= 4 is 22.4 Å². The monoisotopic (exact) mass is 323 g/mol. The molecule has 0 aliphatic carbocycles. The number of hydrogen-bond acceptors (Lipinski definition) is 5. The van der Waals surface area contributed by atoms with E-state index >= 15 is 0 Å². The van der Waals surface area contributed by atoms with Gasteiger partial charge in [-0.1, -0.05) is 36.4 Å². The van der Waals surface area contributed by atoms with Gasteiger partial charge in [0.25, 0.3) is 0 Å². The highest BCUT2D eigenvalue weighted by Crippen LogP contribution is 2.29. The van der Waals surface area contributed by atoms with Crippen LogP contribution < -0.4 is 10.2 Å². The van der Waals surface area contributed by atoms with Gasteiger partial charge in [0.1, 0.15) is 0 Å². The van der Waals surface area contributed by atoms with E-state index in [2.05, 4.69) is 15.7 Å². The normalized spacial score (nSPS) is 11.5. The molecule has 0 aliphatic rings. The van der Waals surface area contributed by atoms with Gasteiger partial charge in [-0.25, -0.2) is 4.79 Å². The summed E-state index contributed by atoms with van der Waals surface area (Å²) in [6.45, 7) is 0. The fraction of sp³-hybridized carbons (Fsp3) is 0.111. The first-order chi connectivity index (χ1) is 11.7. The van der Waals surface area contributed by atoms with Crippen LogP contribution in [0.3, 0.4) is 0 Å². The number of methoxy groups -OCH3 is 1. The van der Waals surface area contributed by atoms with Crippen molar-refractivity contribution in [2.24, 2.45) is 0 Å². The van der Waals surface area contributed by atoms with Crippen molar-refractivity contribution in [2.45, 2.75) is 0 Å². The predicted molar refractivity (Wildman–Crippen MR) is 91.3 cm³/mol. The molecule has 0 amide bonds.